The zero-order valence-electron chi connectivity index (χ0n) is 11.7. The summed E-state index contributed by atoms with van der Waals surface area (Å²) in [6.07, 6.45) is 9.49. The Labute approximate surface area is 122 Å². The predicted molar refractivity (Wildman–Crippen MR) is 80.6 cm³/mol. The van der Waals surface area contributed by atoms with Crippen LogP contribution in [0.1, 0.15) is 41.6 Å². The van der Waals surface area contributed by atoms with Gasteiger partial charge >= 0.3 is 5.97 Å². The van der Waals surface area contributed by atoms with Crippen LogP contribution in [0.4, 0.5) is 5.13 Å². The first-order chi connectivity index (χ1) is 9.70. The molecule has 5 nitrogen and oxygen atoms in total. The molecule has 0 aliphatic heterocycles. The van der Waals surface area contributed by atoms with Crippen molar-refractivity contribution in [2.24, 2.45) is 0 Å². The molecule has 0 saturated carbocycles. The van der Waals surface area contributed by atoms with E-state index in [9.17, 15) is 4.79 Å². The summed E-state index contributed by atoms with van der Waals surface area (Å²) in [5, 5.41) is 0.661. The molecule has 2 N–H and O–H groups in total. The highest BCUT2D eigenvalue weighted by atomic mass is 32.1. The van der Waals surface area contributed by atoms with Crippen LogP contribution in [0.2, 0.25) is 0 Å². The molecule has 1 aromatic heterocycles. The van der Waals surface area contributed by atoms with Crippen LogP contribution >= 0.6 is 11.3 Å². The van der Waals surface area contributed by atoms with Crippen molar-refractivity contribution >= 4 is 22.4 Å². The lowest BCUT2D eigenvalue weighted by Crippen LogP contribution is -2.15. The number of ether oxygens (including phenoxy) is 1. The zero-order valence-corrected chi connectivity index (χ0v) is 12.5. The third-order valence-corrected chi connectivity index (χ3v) is 3.94. The molecule has 0 spiro atoms. The van der Waals surface area contributed by atoms with Crippen molar-refractivity contribution < 1.29 is 9.53 Å². The molecule has 1 heterocycles. The molecule has 6 heteroatoms. The second-order valence-electron chi connectivity index (χ2n) is 4.44. The number of hydrogen-bond acceptors (Lipinski definition) is 6. The Balaban J connectivity index is 1.92. The lowest BCUT2D eigenvalue weighted by molar-refractivity contribution is 0.0531. The predicted octanol–water partition coefficient (Wildman–Crippen LogP) is 3.17. The number of allylic oxidation sites excluding steroid dienone is 3. The average Bonchev–Trinajstić information content (AvgIpc) is 2.81. The standard InChI is InChI=1S/C14H19N3O2S/c1-3-19-13(18)12-10(2)16-14(20-12)17-15-9-11-7-5-4-6-8-11/h4-5,9,15H,3,6-8H2,1-2H3,(H,16,17). The van der Waals surface area contributed by atoms with Crippen LogP contribution in [-0.2, 0) is 4.74 Å². The number of carbonyl (C=O) groups is 1. The van der Waals surface area contributed by atoms with Gasteiger partial charge in [-0.05, 0) is 38.7 Å². The summed E-state index contributed by atoms with van der Waals surface area (Å²) in [4.78, 5) is 16.5. The Morgan fingerprint density at radius 1 is 1.55 bits per heavy atom. The zero-order chi connectivity index (χ0) is 14.4. The minimum Gasteiger partial charge on any atom is -0.462 e. The lowest BCUT2D eigenvalue weighted by Gasteiger charge is -2.09. The summed E-state index contributed by atoms with van der Waals surface area (Å²) < 4.78 is 4.99. The molecule has 0 atom stereocenters. The molecular formula is C14H19N3O2S. The summed E-state index contributed by atoms with van der Waals surface area (Å²) in [7, 11) is 0. The van der Waals surface area contributed by atoms with E-state index in [1.807, 2.05) is 6.20 Å². The second kappa shape index (κ2) is 7.09. The van der Waals surface area contributed by atoms with E-state index < -0.39 is 0 Å². The first kappa shape index (κ1) is 14.6. The molecule has 0 amide bonds. The van der Waals surface area contributed by atoms with Crippen molar-refractivity contribution in [3.63, 3.8) is 0 Å². The van der Waals surface area contributed by atoms with Gasteiger partial charge in [-0.15, -0.1) is 0 Å². The van der Waals surface area contributed by atoms with E-state index in [4.69, 9.17) is 4.74 Å². The maximum atomic E-state index is 11.7. The van der Waals surface area contributed by atoms with Gasteiger partial charge in [0.1, 0.15) is 4.88 Å². The number of hydrogen-bond donors (Lipinski definition) is 2. The number of aromatic nitrogens is 1. The van der Waals surface area contributed by atoms with E-state index >= 15 is 0 Å². The molecule has 20 heavy (non-hydrogen) atoms. The van der Waals surface area contributed by atoms with Crippen LogP contribution in [0.15, 0.2) is 23.9 Å². The van der Waals surface area contributed by atoms with Crippen molar-refractivity contribution in [1.29, 1.82) is 0 Å². The van der Waals surface area contributed by atoms with Crippen molar-refractivity contribution in [3.05, 3.63) is 34.5 Å². The van der Waals surface area contributed by atoms with Crippen LogP contribution in [0.3, 0.4) is 0 Å². The summed E-state index contributed by atoms with van der Waals surface area (Å²) in [6, 6.07) is 0. The van der Waals surface area contributed by atoms with Crippen molar-refractivity contribution in [2.45, 2.75) is 33.1 Å². The van der Waals surface area contributed by atoms with Gasteiger partial charge in [0.05, 0.1) is 12.3 Å². The van der Waals surface area contributed by atoms with E-state index in [1.54, 1.807) is 13.8 Å². The molecule has 2 rings (SSSR count). The van der Waals surface area contributed by atoms with Gasteiger partial charge in [-0.1, -0.05) is 23.5 Å². The fraction of sp³-hybridized carbons (Fsp3) is 0.429. The number of carbonyl (C=O) groups excluding carboxylic acids is 1. The van der Waals surface area contributed by atoms with E-state index in [1.165, 1.54) is 16.9 Å². The minimum absolute atomic E-state index is 0.314. The minimum atomic E-state index is -0.314. The van der Waals surface area contributed by atoms with Gasteiger partial charge in [-0.25, -0.2) is 9.78 Å². The smallest absolute Gasteiger partial charge is 0.350 e. The molecule has 0 saturated heterocycles. The van der Waals surface area contributed by atoms with E-state index in [-0.39, 0.29) is 5.97 Å². The molecule has 108 valence electrons. The van der Waals surface area contributed by atoms with Crippen LogP contribution in [0.5, 0.6) is 0 Å². The first-order valence-corrected chi connectivity index (χ1v) is 7.51. The number of nitrogens with one attached hydrogen (secondary N) is 2. The summed E-state index contributed by atoms with van der Waals surface area (Å²) >= 11 is 1.29. The van der Waals surface area contributed by atoms with Crippen molar-refractivity contribution in [3.8, 4) is 0 Å². The second-order valence-corrected chi connectivity index (χ2v) is 5.44. The molecule has 0 bridgehead atoms. The van der Waals surface area contributed by atoms with Crippen LogP contribution in [0.25, 0.3) is 0 Å². The monoisotopic (exact) mass is 293 g/mol. The third kappa shape index (κ3) is 3.84. The highest BCUT2D eigenvalue weighted by Crippen LogP contribution is 2.23. The Morgan fingerprint density at radius 3 is 3.10 bits per heavy atom. The van der Waals surface area contributed by atoms with Crippen LogP contribution in [0, 0.1) is 6.92 Å². The van der Waals surface area contributed by atoms with Crippen LogP contribution < -0.4 is 10.9 Å². The van der Waals surface area contributed by atoms with E-state index in [0.717, 1.165) is 19.3 Å². The molecule has 1 aliphatic carbocycles. The quantitative estimate of drug-likeness (QED) is 0.496. The van der Waals surface area contributed by atoms with Gasteiger partial charge in [0.15, 0.2) is 0 Å². The van der Waals surface area contributed by atoms with Crippen LogP contribution in [-0.4, -0.2) is 17.6 Å². The van der Waals surface area contributed by atoms with Gasteiger partial charge in [-0.3, -0.25) is 5.43 Å². The van der Waals surface area contributed by atoms with Gasteiger partial charge in [-0.2, -0.15) is 0 Å². The maximum Gasteiger partial charge on any atom is 0.350 e. The maximum absolute atomic E-state index is 11.7. The van der Waals surface area contributed by atoms with Gasteiger partial charge in [0, 0.05) is 6.20 Å². The Morgan fingerprint density at radius 2 is 2.40 bits per heavy atom. The molecule has 1 aliphatic rings. The summed E-state index contributed by atoms with van der Waals surface area (Å²) in [6.45, 7) is 3.97. The highest BCUT2D eigenvalue weighted by molar-refractivity contribution is 7.17. The number of anilines is 1. The van der Waals surface area contributed by atoms with Gasteiger partial charge < -0.3 is 10.2 Å². The number of aryl methyl sites for hydroxylation is 1. The molecule has 0 aromatic carbocycles. The van der Waals surface area contributed by atoms with E-state index in [2.05, 4.69) is 28.0 Å². The Hall–Kier alpha value is -1.82. The molecular weight excluding hydrogens is 274 g/mol. The van der Waals surface area contributed by atoms with Gasteiger partial charge in [0.25, 0.3) is 0 Å². The highest BCUT2D eigenvalue weighted by Gasteiger charge is 2.15. The Bertz CT molecular complexity index is 535. The number of esters is 1. The normalized spacial score (nSPS) is 16.2. The SMILES string of the molecule is CCOC(=O)c1sc(NNC=C2CC=CCC2)nc1C. The third-order valence-electron chi connectivity index (χ3n) is 2.89. The number of thiazole rings is 1. The number of nitrogens with zero attached hydrogens (tertiary/aromatic N) is 1. The molecule has 0 radical (unpaired) electrons. The van der Waals surface area contributed by atoms with Crippen molar-refractivity contribution in [2.75, 3.05) is 12.0 Å². The average molecular weight is 293 g/mol. The lowest BCUT2D eigenvalue weighted by atomic mass is 10.0. The first-order valence-electron chi connectivity index (χ1n) is 6.69. The van der Waals surface area contributed by atoms with E-state index in [0.29, 0.717) is 22.3 Å². The molecule has 1 aromatic rings. The molecule has 0 fully saturated rings. The summed E-state index contributed by atoms with van der Waals surface area (Å²) in [5.74, 6) is -0.314. The number of hydrazine groups is 1. The van der Waals surface area contributed by atoms with Gasteiger partial charge in [0.2, 0.25) is 5.13 Å². The number of rotatable bonds is 5. The topological polar surface area (TPSA) is 63.2 Å². The molecule has 0 unspecified atom stereocenters. The fourth-order valence-electron chi connectivity index (χ4n) is 1.89. The largest absolute Gasteiger partial charge is 0.462 e. The Kier molecular flexibility index (Phi) is 5.17. The fourth-order valence-corrected chi connectivity index (χ4v) is 2.71. The summed E-state index contributed by atoms with van der Waals surface area (Å²) in [5.41, 5.74) is 8.06. The van der Waals surface area contributed by atoms with Crippen molar-refractivity contribution in [1.82, 2.24) is 10.4 Å².